The Bertz CT molecular complexity index is 1130. The van der Waals surface area contributed by atoms with Crippen LogP contribution in [0, 0.1) is 0 Å². The van der Waals surface area contributed by atoms with E-state index in [4.69, 9.17) is 0 Å². The van der Waals surface area contributed by atoms with Gasteiger partial charge in [-0.3, -0.25) is 19.3 Å². The van der Waals surface area contributed by atoms with Gasteiger partial charge in [-0.25, -0.2) is 9.67 Å². The minimum atomic E-state index is -0.317. The molecule has 0 aliphatic carbocycles. The van der Waals surface area contributed by atoms with Gasteiger partial charge in [0.25, 0.3) is 11.8 Å². The Hall–Kier alpha value is -3.33. The van der Waals surface area contributed by atoms with Crippen molar-refractivity contribution in [1.82, 2.24) is 25.0 Å². The molecule has 3 amide bonds. The first-order valence-corrected chi connectivity index (χ1v) is 10.6. The zero-order valence-electron chi connectivity index (χ0n) is 16.8. The average Bonchev–Trinajstić information content (AvgIpc) is 3.37. The molecular formula is C22H20BrN5O3. The quantitative estimate of drug-likeness (QED) is 0.522. The first kappa shape index (κ1) is 20.9. The van der Waals surface area contributed by atoms with E-state index in [1.165, 1.54) is 11.2 Å². The van der Waals surface area contributed by atoms with Crippen molar-refractivity contribution in [3.05, 3.63) is 76.3 Å². The van der Waals surface area contributed by atoms with E-state index in [1.54, 1.807) is 29.2 Å². The second-order valence-electron chi connectivity index (χ2n) is 7.28. The standard InChI is InChI=1S/C22H20BrN5O3/c1-14(15-4-7-17(8-5-15)28-13-24-12-25-28)26-20(29)3-2-10-27-21(30)18-9-6-16(23)11-19(18)22(27)31/h4-9,11-14H,2-3,10H2,1H3,(H,26,29). The fraction of sp³-hybridized carbons (Fsp3) is 0.227. The zero-order chi connectivity index (χ0) is 22.0. The maximum atomic E-state index is 12.5. The fourth-order valence-electron chi connectivity index (χ4n) is 3.52. The molecule has 8 nitrogen and oxygen atoms in total. The van der Waals surface area contributed by atoms with Crippen molar-refractivity contribution in [3.63, 3.8) is 0 Å². The molecule has 2 aromatic carbocycles. The van der Waals surface area contributed by atoms with Gasteiger partial charge >= 0.3 is 0 Å². The van der Waals surface area contributed by atoms with Gasteiger partial charge in [0, 0.05) is 17.4 Å². The van der Waals surface area contributed by atoms with Crippen LogP contribution in [0.2, 0.25) is 0 Å². The molecule has 1 aliphatic rings. The molecule has 4 rings (SSSR count). The zero-order valence-corrected chi connectivity index (χ0v) is 18.4. The smallest absolute Gasteiger partial charge is 0.261 e. The number of fused-ring (bicyclic) bond motifs is 1. The summed E-state index contributed by atoms with van der Waals surface area (Å²) in [4.78, 5) is 42.4. The van der Waals surface area contributed by atoms with E-state index in [2.05, 4.69) is 31.3 Å². The highest BCUT2D eigenvalue weighted by molar-refractivity contribution is 9.10. The van der Waals surface area contributed by atoms with Gasteiger partial charge in [-0.1, -0.05) is 28.1 Å². The van der Waals surface area contributed by atoms with Gasteiger partial charge in [0.15, 0.2) is 0 Å². The topological polar surface area (TPSA) is 97.2 Å². The van der Waals surface area contributed by atoms with Crippen molar-refractivity contribution >= 4 is 33.7 Å². The number of carbonyl (C=O) groups excluding carboxylic acids is 3. The number of hydrogen-bond acceptors (Lipinski definition) is 5. The lowest BCUT2D eigenvalue weighted by atomic mass is 10.1. The highest BCUT2D eigenvalue weighted by atomic mass is 79.9. The van der Waals surface area contributed by atoms with Crippen molar-refractivity contribution < 1.29 is 14.4 Å². The normalized spacial score (nSPS) is 13.9. The van der Waals surface area contributed by atoms with E-state index in [0.29, 0.717) is 17.5 Å². The van der Waals surface area contributed by atoms with Gasteiger partial charge in [0.2, 0.25) is 5.91 Å². The molecule has 0 saturated carbocycles. The maximum Gasteiger partial charge on any atom is 0.261 e. The molecule has 0 bridgehead atoms. The summed E-state index contributed by atoms with van der Waals surface area (Å²) in [7, 11) is 0. The van der Waals surface area contributed by atoms with Gasteiger partial charge in [0.05, 0.1) is 22.9 Å². The lowest BCUT2D eigenvalue weighted by Gasteiger charge is -2.16. The molecule has 0 fully saturated rings. The molecule has 158 valence electrons. The molecule has 0 saturated heterocycles. The van der Waals surface area contributed by atoms with Crippen molar-refractivity contribution in [2.24, 2.45) is 0 Å². The van der Waals surface area contributed by atoms with Crippen LogP contribution in [0.5, 0.6) is 0 Å². The fourth-order valence-corrected chi connectivity index (χ4v) is 3.88. The molecule has 1 atom stereocenters. The van der Waals surface area contributed by atoms with Crippen LogP contribution in [-0.2, 0) is 4.79 Å². The predicted octanol–water partition coefficient (Wildman–Crippen LogP) is 3.28. The minimum absolute atomic E-state index is 0.132. The summed E-state index contributed by atoms with van der Waals surface area (Å²) in [6.45, 7) is 2.11. The second-order valence-corrected chi connectivity index (χ2v) is 8.19. The lowest BCUT2D eigenvalue weighted by molar-refractivity contribution is -0.121. The molecule has 1 aromatic heterocycles. The third kappa shape index (κ3) is 4.41. The third-order valence-corrected chi connectivity index (χ3v) is 5.67. The molecule has 31 heavy (non-hydrogen) atoms. The minimum Gasteiger partial charge on any atom is -0.350 e. The number of carbonyl (C=O) groups is 3. The number of nitrogens with one attached hydrogen (secondary N) is 1. The van der Waals surface area contributed by atoms with Crippen molar-refractivity contribution in [2.75, 3.05) is 6.54 Å². The average molecular weight is 482 g/mol. The Labute approximate surface area is 187 Å². The second kappa shape index (κ2) is 8.81. The molecule has 1 N–H and O–H groups in total. The molecule has 2 heterocycles. The van der Waals surface area contributed by atoms with Gasteiger partial charge in [0.1, 0.15) is 12.7 Å². The van der Waals surface area contributed by atoms with E-state index >= 15 is 0 Å². The number of halogens is 1. The summed E-state index contributed by atoms with van der Waals surface area (Å²) in [5.41, 5.74) is 2.64. The van der Waals surface area contributed by atoms with Crippen molar-refractivity contribution in [2.45, 2.75) is 25.8 Å². The van der Waals surface area contributed by atoms with Crippen LogP contribution in [0.15, 0.2) is 59.6 Å². The van der Waals surface area contributed by atoms with E-state index in [9.17, 15) is 14.4 Å². The molecule has 0 spiro atoms. The summed E-state index contributed by atoms with van der Waals surface area (Å²) in [6.07, 6.45) is 3.71. The van der Waals surface area contributed by atoms with Crippen molar-refractivity contribution in [3.8, 4) is 5.69 Å². The van der Waals surface area contributed by atoms with E-state index in [0.717, 1.165) is 15.7 Å². The summed E-state index contributed by atoms with van der Waals surface area (Å²) < 4.78 is 2.40. The highest BCUT2D eigenvalue weighted by Crippen LogP contribution is 2.26. The van der Waals surface area contributed by atoms with E-state index < -0.39 is 0 Å². The number of hydrogen-bond donors (Lipinski definition) is 1. The number of amides is 3. The van der Waals surface area contributed by atoms with Crippen LogP contribution in [0.1, 0.15) is 52.1 Å². The SMILES string of the molecule is CC(NC(=O)CCCN1C(=O)c2ccc(Br)cc2C1=O)c1ccc(-n2cncn2)cc1. The number of rotatable bonds is 7. The first-order valence-electron chi connectivity index (χ1n) is 9.84. The Balaban J connectivity index is 1.28. The maximum absolute atomic E-state index is 12.5. The summed E-state index contributed by atoms with van der Waals surface area (Å²) >= 11 is 3.32. The van der Waals surface area contributed by atoms with E-state index in [1.807, 2.05) is 31.2 Å². The summed E-state index contributed by atoms with van der Waals surface area (Å²) in [6, 6.07) is 12.5. The molecule has 9 heteroatoms. The number of imide groups is 1. The highest BCUT2D eigenvalue weighted by Gasteiger charge is 2.35. The van der Waals surface area contributed by atoms with Crippen LogP contribution < -0.4 is 5.32 Å². The summed E-state index contributed by atoms with van der Waals surface area (Å²) in [5.74, 6) is -0.761. The van der Waals surface area contributed by atoms with Crippen LogP contribution in [0.4, 0.5) is 0 Å². The van der Waals surface area contributed by atoms with Crippen LogP contribution in [-0.4, -0.2) is 43.9 Å². The molecule has 1 unspecified atom stereocenters. The van der Waals surface area contributed by atoms with Gasteiger partial charge in [-0.15, -0.1) is 0 Å². The summed E-state index contributed by atoms with van der Waals surface area (Å²) in [5, 5.41) is 7.04. The first-order chi connectivity index (χ1) is 14.9. The Morgan fingerprint density at radius 1 is 1.10 bits per heavy atom. The number of nitrogens with zero attached hydrogens (tertiary/aromatic N) is 4. The monoisotopic (exact) mass is 481 g/mol. The van der Waals surface area contributed by atoms with Crippen LogP contribution >= 0.6 is 15.9 Å². The van der Waals surface area contributed by atoms with Crippen molar-refractivity contribution in [1.29, 1.82) is 0 Å². The lowest BCUT2D eigenvalue weighted by Crippen LogP contribution is -2.32. The number of benzene rings is 2. The molecule has 0 radical (unpaired) electrons. The molecule has 1 aliphatic heterocycles. The van der Waals surface area contributed by atoms with Gasteiger partial charge in [-0.2, -0.15) is 5.10 Å². The number of aromatic nitrogens is 3. The van der Waals surface area contributed by atoms with E-state index in [-0.39, 0.29) is 36.7 Å². The van der Waals surface area contributed by atoms with Crippen LogP contribution in [0.25, 0.3) is 5.69 Å². The Morgan fingerprint density at radius 2 is 1.84 bits per heavy atom. The largest absolute Gasteiger partial charge is 0.350 e. The Morgan fingerprint density at radius 3 is 2.55 bits per heavy atom. The molecule has 3 aromatic rings. The van der Waals surface area contributed by atoms with Gasteiger partial charge < -0.3 is 5.32 Å². The third-order valence-electron chi connectivity index (χ3n) is 5.17. The Kier molecular flexibility index (Phi) is 5.94. The predicted molar refractivity (Wildman–Crippen MR) is 117 cm³/mol. The molecular weight excluding hydrogens is 462 g/mol. The van der Waals surface area contributed by atoms with Crippen LogP contribution in [0.3, 0.4) is 0 Å². The van der Waals surface area contributed by atoms with Gasteiger partial charge in [-0.05, 0) is 49.2 Å².